The van der Waals surface area contributed by atoms with Crippen LogP contribution in [0.5, 0.6) is 17.6 Å². The quantitative estimate of drug-likeness (QED) is 0.845. The van der Waals surface area contributed by atoms with E-state index in [0.717, 1.165) is 0 Å². The Morgan fingerprint density at radius 1 is 1.44 bits per heavy atom. The van der Waals surface area contributed by atoms with E-state index in [2.05, 4.69) is 0 Å². The van der Waals surface area contributed by atoms with Crippen molar-refractivity contribution in [2.75, 3.05) is 13.7 Å². The summed E-state index contributed by atoms with van der Waals surface area (Å²) in [5.41, 5.74) is 1.59. The zero-order valence-corrected chi connectivity index (χ0v) is 10.4. The van der Waals surface area contributed by atoms with Crippen LogP contribution in [-0.4, -0.2) is 24.6 Å². The number of ketones is 1. The Morgan fingerprint density at radius 3 is 2.72 bits per heavy atom. The molecule has 0 unspecified atom stereocenters. The Balaban J connectivity index is 2.76. The number of carbonyl (C=O) groups is 1. The molecule has 0 fully saturated rings. The summed E-state index contributed by atoms with van der Waals surface area (Å²) < 4.78 is 15.5. The van der Waals surface area contributed by atoms with E-state index in [1.165, 1.54) is 14.0 Å². The molecule has 0 aromatic rings. The van der Waals surface area contributed by atoms with Gasteiger partial charge < -0.3 is 19.0 Å². The Morgan fingerprint density at radius 2 is 2.17 bits per heavy atom. The third-order valence-electron chi connectivity index (χ3n) is 2.64. The molecule has 0 saturated heterocycles. The third-order valence-corrected chi connectivity index (χ3v) is 2.64. The molecule has 96 valence electrons. The van der Waals surface area contributed by atoms with Gasteiger partial charge in [-0.15, -0.1) is 0 Å². The molecule has 2 rings (SSSR count). The van der Waals surface area contributed by atoms with Gasteiger partial charge in [0, 0.05) is 11.1 Å². The maximum atomic E-state index is 11.6. The van der Waals surface area contributed by atoms with Crippen molar-refractivity contribution in [3.05, 3.63) is 17.7 Å². The first-order valence-corrected chi connectivity index (χ1v) is 5.56. The first-order chi connectivity index (χ1) is 8.60. The van der Waals surface area contributed by atoms with Gasteiger partial charge in [-0.3, -0.25) is 4.79 Å². The summed E-state index contributed by atoms with van der Waals surface area (Å²) in [5, 5.41) is 9.79. The fraction of sp³-hybridized carbons (Fsp3) is 0.308. The van der Waals surface area contributed by atoms with E-state index in [4.69, 9.17) is 13.9 Å². The number of Topliss-reactive ketones (excluding diaryl/α,β-unsaturated/α-hetero) is 1. The second kappa shape index (κ2) is 4.60. The topological polar surface area (TPSA) is 68.9 Å². The summed E-state index contributed by atoms with van der Waals surface area (Å²) in [6, 6.07) is 3.36. The number of ether oxygens (including phenoxy) is 2. The van der Waals surface area contributed by atoms with Gasteiger partial charge in [0.05, 0.1) is 19.3 Å². The molecule has 0 spiro atoms. The minimum absolute atomic E-state index is 0.112. The van der Waals surface area contributed by atoms with Gasteiger partial charge in [-0.1, -0.05) is 0 Å². The highest BCUT2D eigenvalue weighted by Crippen LogP contribution is 2.48. The van der Waals surface area contributed by atoms with Crippen LogP contribution >= 0.6 is 0 Å². The highest BCUT2D eigenvalue weighted by Gasteiger charge is 2.27. The molecule has 0 aromatic carbocycles. The van der Waals surface area contributed by atoms with E-state index in [1.807, 2.05) is 0 Å². The molecule has 0 aromatic heterocycles. The number of aromatic hydroxyl groups is 1. The van der Waals surface area contributed by atoms with E-state index >= 15 is 0 Å². The lowest BCUT2D eigenvalue weighted by Crippen LogP contribution is -2.00. The summed E-state index contributed by atoms with van der Waals surface area (Å²) in [7, 11) is 1.43. The molecule has 1 aliphatic carbocycles. The molecule has 0 amide bonds. The average molecular weight is 250 g/mol. The molecular formula is C13H14O5. The van der Waals surface area contributed by atoms with Crippen molar-refractivity contribution in [3.63, 3.8) is 0 Å². The van der Waals surface area contributed by atoms with Gasteiger partial charge in [-0.2, -0.15) is 0 Å². The van der Waals surface area contributed by atoms with Crippen LogP contribution in [0.25, 0.3) is 11.1 Å². The highest BCUT2D eigenvalue weighted by molar-refractivity contribution is 6.04. The second-order valence-corrected chi connectivity index (χ2v) is 3.75. The van der Waals surface area contributed by atoms with Crippen LogP contribution in [0, 0.1) is 0 Å². The van der Waals surface area contributed by atoms with E-state index in [-0.39, 0.29) is 17.5 Å². The molecule has 1 aliphatic heterocycles. The molecule has 1 N–H and O–H groups in total. The zero-order chi connectivity index (χ0) is 13.3. The molecule has 0 atom stereocenters. The molecule has 18 heavy (non-hydrogen) atoms. The predicted octanol–water partition coefficient (Wildman–Crippen LogP) is 2.70. The van der Waals surface area contributed by atoms with Crippen LogP contribution in [0.2, 0.25) is 0 Å². The molecule has 0 saturated carbocycles. The average Bonchev–Trinajstić information content (AvgIpc) is 2.77. The van der Waals surface area contributed by atoms with Crippen LogP contribution in [0.4, 0.5) is 0 Å². The smallest absolute Gasteiger partial charge is 0.329 e. The maximum absolute atomic E-state index is 11.6. The second-order valence-electron chi connectivity index (χ2n) is 3.75. The number of methoxy groups -OCH3 is 1. The Labute approximate surface area is 104 Å². The van der Waals surface area contributed by atoms with E-state index in [9.17, 15) is 9.90 Å². The molecule has 5 heteroatoms. The number of rotatable bonds is 4. The van der Waals surface area contributed by atoms with Crippen molar-refractivity contribution in [2.24, 2.45) is 0 Å². The van der Waals surface area contributed by atoms with Gasteiger partial charge in [-0.25, -0.2) is 0 Å². The van der Waals surface area contributed by atoms with Crippen molar-refractivity contribution in [3.8, 4) is 28.8 Å². The summed E-state index contributed by atoms with van der Waals surface area (Å²) in [6.07, 6.45) is 0. The predicted molar refractivity (Wildman–Crippen MR) is 64.7 cm³/mol. The number of hydrogen-bond acceptors (Lipinski definition) is 5. The summed E-state index contributed by atoms with van der Waals surface area (Å²) in [5.74, 6) is -0.185. The number of carbonyl (C=O) groups excluding carboxylic acids is 1. The molecule has 1 heterocycles. The fourth-order valence-electron chi connectivity index (χ4n) is 1.91. The van der Waals surface area contributed by atoms with Crippen LogP contribution in [0.1, 0.15) is 24.2 Å². The summed E-state index contributed by atoms with van der Waals surface area (Å²) in [6.45, 7) is 3.59. The van der Waals surface area contributed by atoms with Crippen molar-refractivity contribution in [1.29, 1.82) is 0 Å². The summed E-state index contributed by atoms with van der Waals surface area (Å²) >= 11 is 0. The van der Waals surface area contributed by atoms with Gasteiger partial charge in [0.1, 0.15) is 0 Å². The van der Waals surface area contributed by atoms with Gasteiger partial charge in [0.15, 0.2) is 5.78 Å². The van der Waals surface area contributed by atoms with E-state index in [1.54, 1.807) is 19.1 Å². The lowest BCUT2D eigenvalue weighted by Gasteiger charge is -2.14. The summed E-state index contributed by atoms with van der Waals surface area (Å²) in [4.78, 5) is 11.6. The molecule has 0 bridgehead atoms. The van der Waals surface area contributed by atoms with Gasteiger partial charge in [-0.05, 0) is 26.0 Å². The minimum atomic E-state index is -0.394. The first-order valence-electron chi connectivity index (χ1n) is 5.56. The molecule has 2 aliphatic rings. The zero-order valence-electron chi connectivity index (χ0n) is 10.4. The normalized spacial score (nSPS) is 10.6. The number of hydrogen-bond donors (Lipinski definition) is 1. The van der Waals surface area contributed by atoms with Crippen molar-refractivity contribution in [1.82, 2.24) is 0 Å². The fourth-order valence-corrected chi connectivity index (χ4v) is 1.91. The van der Waals surface area contributed by atoms with E-state index < -0.39 is 5.95 Å². The Hall–Kier alpha value is -2.17. The Bertz CT molecular complexity index is 555. The van der Waals surface area contributed by atoms with Crippen LogP contribution in [0.3, 0.4) is 0 Å². The van der Waals surface area contributed by atoms with Crippen LogP contribution in [-0.2, 0) is 0 Å². The van der Waals surface area contributed by atoms with Crippen molar-refractivity contribution in [2.45, 2.75) is 13.8 Å². The Kier molecular flexibility index (Phi) is 3.14. The molecule has 5 nitrogen and oxygen atoms in total. The van der Waals surface area contributed by atoms with Crippen molar-refractivity contribution < 1.29 is 23.8 Å². The van der Waals surface area contributed by atoms with Gasteiger partial charge >= 0.3 is 5.95 Å². The third kappa shape index (κ3) is 1.77. The standard InChI is InChI=1S/C13H14O5/c1-4-17-11-10-8(7(2)14)5-6-9(10)13(16-3)18-12(11)15/h5-6,15H,4H2,1-3H3. The largest absolute Gasteiger partial charge is 0.486 e. The van der Waals surface area contributed by atoms with Crippen LogP contribution < -0.4 is 9.47 Å². The number of fused-ring (bicyclic) bond motifs is 1. The van der Waals surface area contributed by atoms with Gasteiger partial charge in [0.2, 0.25) is 5.75 Å². The lowest BCUT2D eigenvalue weighted by atomic mass is 10.1. The maximum Gasteiger partial charge on any atom is 0.329 e. The van der Waals surface area contributed by atoms with Crippen molar-refractivity contribution >= 4 is 5.78 Å². The monoisotopic (exact) mass is 250 g/mol. The SMILES string of the molecule is CCOc1c(O)oc(OC)c2ccc(C(C)=O)c1-2. The minimum Gasteiger partial charge on any atom is -0.486 e. The first kappa shape index (κ1) is 12.3. The van der Waals surface area contributed by atoms with Crippen LogP contribution in [0.15, 0.2) is 16.5 Å². The molecule has 0 radical (unpaired) electrons. The van der Waals surface area contributed by atoms with E-state index in [0.29, 0.717) is 23.3 Å². The van der Waals surface area contributed by atoms with Gasteiger partial charge in [0.25, 0.3) is 5.95 Å². The lowest BCUT2D eigenvalue weighted by molar-refractivity contribution is 0.101. The highest BCUT2D eigenvalue weighted by atomic mass is 16.6. The molecular weight excluding hydrogens is 236 g/mol.